The lowest BCUT2D eigenvalue weighted by Crippen LogP contribution is -1.89. The van der Waals surface area contributed by atoms with E-state index in [1.165, 1.54) is 0 Å². The van der Waals surface area contributed by atoms with Crippen LogP contribution in [-0.4, -0.2) is 15.1 Å². The van der Waals surface area contributed by atoms with Crippen LogP contribution in [0, 0.1) is 0 Å². The Hall–Kier alpha value is -1.73. The molecule has 7 heteroatoms. The van der Waals surface area contributed by atoms with E-state index in [0.717, 1.165) is 14.2 Å². The van der Waals surface area contributed by atoms with Gasteiger partial charge in [0.2, 0.25) is 5.82 Å². The zero-order chi connectivity index (χ0) is 12.5. The van der Waals surface area contributed by atoms with Gasteiger partial charge in [-0.15, -0.1) is 11.3 Å². The summed E-state index contributed by atoms with van der Waals surface area (Å²) >= 11 is 4.95. The van der Waals surface area contributed by atoms with Crippen molar-refractivity contribution >= 4 is 33.1 Å². The maximum absolute atomic E-state index is 5.61. The third-order valence-corrected chi connectivity index (χ3v) is 3.87. The number of nitrogens with two attached hydrogens (primary N) is 1. The van der Waals surface area contributed by atoms with Crippen molar-refractivity contribution in [3.63, 3.8) is 0 Å². The van der Waals surface area contributed by atoms with E-state index in [2.05, 4.69) is 31.1 Å². The molecule has 0 aliphatic rings. The Morgan fingerprint density at radius 3 is 2.89 bits per heavy atom. The number of pyridine rings is 1. The average Bonchev–Trinajstić information content (AvgIpc) is 2.97. The molecule has 3 aromatic rings. The molecule has 3 heterocycles. The van der Waals surface area contributed by atoms with Crippen LogP contribution in [0.5, 0.6) is 0 Å². The summed E-state index contributed by atoms with van der Waals surface area (Å²) in [6.45, 7) is 0. The summed E-state index contributed by atoms with van der Waals surface area (Å²) in [6, 6.07) is 7.35. The van der Waals surface area contributed by atoms with Gasteiger partial charge in [0.25, 0.3) is 5.89 Å². The maximum atomic E-state index is 5.61. The van der Waals surface area contributed by atoms with Crippen molar-refractivity contribution in [1.29, 1.82) is 0 Å². The van der Waals surface area contributed by atoms with Crippen LogP contribution in [0.3, 0.4) is 0 Å². The van der Waals surface area contributed by atoms with Crippen LogP contribution in [0.4, 0.5) is 5.82 Å². The second kappa shape index (κ2) is 4.51. The zero-order valence-electron chi connectivity index (χ0n) is 9.00. The molecule has 0 aliphatic carbocycles. The lowest BCUT2D eigenvalue weighted by Gasteiger charge is -1.94. The molecule has 0 saturated carbocycles. The summed E-state index contributed by atoms with van der Waals surface area (Å²) in [5, 5.41) is 3.95. The molecular weight excluding hydrogens is 316 g/mol. The highest BCUT2D eigenvalue weighted by Gasteiger charge is 2.12. The first-order valence-electron chi connectivity index (χ1n) is 5.04. The van der Waals surface area contributed by atoms with Crippen molar-refractivity contribution < 1.29 is 4.52 Å². The highest BCUT2D eigenvalue weighted by Crippen LogP contribution is 2.30. The largest absolute Gasteiger partial charge is 0.384 e. The topological polar surface area (TPSA) is 77.8 Å². The maximum Gasteiger partial charge on any atom is 0.258 e. The third kappa shape index (κ3) is 2.14. The van der Waals surface area contributed by atoms with Crippen LogP contribution in [0.2, 0.25) is 0 Å². The number of anilines is 1. The number of thiophene rings is 1. The average molecular weight is 323 g/mol. The number of rotatable bonds is 2. The third-order valence-electron chi connectivity index (χ3n) is 2.25. The van der Waals surface area contributed by atoms with E-state index in [1.807, 2.05) is 12.1 Å². The predicted molar refractivity (Wildman–Crippen MR) is 73.0 cm³/mol. The van der Waals surface area contributed by atoms with Gasteiger partial charge in [-0.3, -0.25) is 0 Å². The van der Waals surface area contributed by atoms with Crippen molar-refractivity contribution in [2.24, 2.45) is 0 Å². The van der Waals surface area contributed by atoms with E-state index in [0.29, 0.717) is 17.5 Å². The highest BCUT2D eigenvalue weighted by atomic mass is 79.9. The normalized spacial score (nSPS) is 10.7. The van der Waals surface area contributed by atoms with Gasteiger partial charge in [0.1, 0.15) is 5.82 Å². The van der Waals surface area contributed by atoms with Crippen molar-refractivity contribution in [3.05, 3.63) is 34.2 Å². The van der Waals surface area contributed by atoms with Gasteiger partial charge >= 0.3 is 0 Å². The van der Waals surface area contributed by atoms with E-state index in [9.17, 15) is 0 Å². The van der Waals surface area contributed by atoms with Crippen molar-refractivity contribution in [3.8, 4) is 22.2 Å². The molecule has 18 heavy (non-hydrogen) atoms. The SMILES string of the molecule is Nc1cc(-c2nc(-c3ccc(Br)s3)no2)ccn1. The fourth-order valence-electron chi connectivity index (χ4n) is 1.46. The van der Waals surface area contributed by atoms with Gasteiger partial charge in [0.15, 0.2) is 0 Å². The summed E-state index contributed by atoms with van der Waals surface area (Å²) in [7, 11) is 0. The first kappa shape index (κ1) is 11.4. The van der Waals surface area contributed by atoms with Crippen molar-refractivity contribution in [2.75, 3.05) is 5.73 Å². The quantitative estimate of drug-likeness (QED) is 0.783. The predicted octanol–water partition coefficient (Wildman–Crippen LogP) is 3.20. The first-order chi connectivity index (χ1) is 8.72. The molecule has 0 aromatic carbocycles. The molecule has 0 unspecified atom stereocenters. The van der Waals surface area contributed by atoms with Gasteiger partial charge in [-0.1, -0.05) is 5.16 Å². The number of hydrogen-bond acceptors (Lipinski definition) is 6. The number of hydrogen-bond donors (Lipinski definition) is 1. The number of nitrogen functional groups attached to an aromatic ring is 1. The van der Waals surface area contributed by atoms with Gasteiger partial charge in [-0.2, -0.15) is 4.98 Å². The molecule has 90 valence electrons. The second-order valence-corrected chi connectivity index (χ2v) is 5.96. The second-order valence-electron chi connectivity index (χ2n) is 3.50. The van der Waals surface area contributed by atoms with Crippen LogP contribution >= 0.6 is 27.3 Å². The Morgan fingerprint density at radius 2 is 2.17 bits per heavy atom. The van der Waals surface area contributed by atoms with E-state index in [1.54, 1.807) is 29.7 Å². The fraction of sp³-hybridized carbons (Fsp3) is 0. The Labute approximate surface area is 115 Å². The summed E-state index contributed by atoms with van der Waals surface area (Å²) in [6.07, 6.45) is 1.61. The minimum absolute atomic E-state index is 0.422. The minimum atomic E-state index is 0.422. The molecule has 0 saturated heterocycles. The molecule has 3 aromatic heterocycles. The van der Waals surface area contributed by atoms with E-state index >= 15 is 0 Å². The lowest BCUT2D eigenvalue weighted by molar-refractivity contribution is 0.432. The number of halogens is 1. The van der Waals surface area contributed by atoms with Gasteiger partial charge in [0.05, 0.1) is 8.66 Å². The van der Waals surface area contributed by atoms with Gasteiger partial charge < -0.3 is 10.3 Å². The molecule has 0 bridgehead atoms. The fourth-order valence-corrected chi connectivity index (χ4v) is 2.77. The standard InChI is InChI=1S/C11H7BrN4OS/c12-8-2-1-7(18-8)10-15-11(17-16-10)6-3-4-14-9(13)5-6/h1-5H,(H2,13,14). The molecule has 0 spiro atoms. The molecule has 0 atom stereocenters. The van der Waals surface area contributed by atoms with Crippen LogP contribution < -0.4 is 5.73 Å². The Bertz CT molecular complexity index is 694. The van der Waals surface area contributed by atoms with Crippen LogP contribution in [0.1, 0.15) is 0 Å². The van der Waals surface area contributed by atoms with Gasteiger partial charge in [0, 0.05) is 11.8 Å². The Morgan fingerprint density at radius 1 is 1.28 bits per heavy atom. The van der Waals surface area contributed by atoms with Gasteiger partial charge in [-0.25, -0.2) is 4.98 Å². The Balaban J connectivity index is 1.99. The zero-order valence-corrected chi connectivity index (χ0v) is 11.4. The Kier molecular flexibility index (Phi) is 2.85. The molecule has 0 fully saturated rings. The van der Waals surface area contributed by atoms with Crippen LogP contribution in [-0.2, 0) is 0 Å². The van der Waals surface area contributed by atoms with Crippen LogP contribution in [0.25, 0.3) is 22.2 Å². The minimum Gasteiger partial charge on any atom is -0.384 e. The molecule has 0 amide bonds. The lowest BCUT2D eigenvalue weighted by atomic mass is 10.2. The summed E-state index contributed by atoms with van der Waals surface area (Å²) < 4.78 is 6.24. The van der Waals surface area contributed by atoms with Crippen molar-refractivity contribution in [1.82, 2.24) is 15.1 Å². The van der Waals surface area contributed by atoms with E-state index < -0.39 is 0 Å². The molecule has 0 aliphatic heterocycles. The number of aromatic nitrogens is 3. The molecule has 0 radical (unpaired) electrons. The summed E-state index contributed by atoms with van der Waals surface area (Å²) in [5.41, 5.74) is 6.37. The van der Waals surface area contributed by atoms with E-state index in [-0.39, 0.29) is 0 Å². The van der Waals surface area contributed by atoms with E-state index in [4.69, 9.17) is 10.3 Å². The highest BCUT2D eigenvalue weighted by molar-refractivity contribution is 9.11. The molecule has 2 N–H and O–H groups in total. The molecule has 5 nitrogen and oxygen atoms in total. The summed E-state index contributed by atoms with van der Waals surface area (Å²) in [4.78, 5) is 9.19. The monoisotopic (exact) mass is 322 g/mol. The molecular formula is C11H7BrN4OS. The first-order valence-corrected chi connectivity index (χ1v) is 6.64. The van der Waals surface area contributed by atoms with Gasteiger partial charge in [-0.05, 0) is 40.2 Å². The molecule has 3 rings (SSSR count). The summed E-state index contributed by atoms with van der Waals surface area (Å²) in [5.74, 6) is 1.42. The smallest absolute Gasteiger partial charge is 0.258 e. The van der Waals surface area contributed by atoms with Crippen molar-refractivity contribution in [2.45, 2.75) is 0 Å². The number of nitrogens with zero attached hydrogens (tertiary/aromatic N) is 3. The van der Waals surface area contributed by atoms with Crippen LogP contribution in [0.15, 0.2) is 38.8 Å².